The summed E-state index contributed by atoms with van der Waals surface area (Å²) in [4.78, 5) is 42.7. The first-order valence-corrected chi connectivity index (χ1v) is 19.3. The third kappa shape index (κ3) is 6.12. The Balaban J connectivity index is 1.21. The summed E-state index contributed by atoms with van der Waals surface area (Å²) >= 11 is 0. The Bertz CT molecular complexity index is 1480. The van der Waals surface area contributed by atoms with Crippen molar-refractivity contribution >= 4 is 17.7 Å². The molecule has 1 heterocycles. The van der Waals surface area contributed by atoms with E-state index in [0.29, 0.717) is 35.9 Å². The number of aliphatic carboxylic acids is 1. The largest absolute Gasteiger partial charge is 0.481 e. The van der Waals surface area contributed by atoms with Crippen LogP contribution in [-0.4, -0.2) is 40.5 Å². The lowest BCUT2D eigenvalue weighted by atomic mass is 9.36. The van der Waals surface area contributed by atoms with Gasteiger partial charge in [0.1, 0.15) is 6.10 Å². The number of nitrogens with one attached hydrogen (secondary N) is 1. The third-order valence-corrected chi connectivity index (χ3v) is 15.0. The molecule has 5 aliphatic rings. The van der Waals surface area contributed by atoms with E-state index >= 15 is 0 Å². The van der Waals surface area contributed by atoms with Gasteiger partial charge in [-0.3, -0.25) is 19.4 Å². The molecule has 5 aliphatic carbocycles. The van der Waals surface area contributed by atoms with Crippen molar-refractivity contribution in [2.45, 2.75) is 139 Å². The first kappa shape index (κ1) is 36.3. The number of ether oxygens (including phenoxy) is 1. The van der Waals surface area contributed by atoms with Crippen LogP contribution < -0.4 is 5.32 Å². The van der Waals surface area contributed by atoms with Gasteiger partial charge in [-0.2, -0.15) is 0 Å². The number of carbonyl (C=O) groups excluding carboxylic acids is 2. The van der Waals surface area contributed by atoms with Crippen LogP contribution in [0.2, 0.25) is 0 Å². The number of ketones is 1. The lowest BCUT2D eigenvalue weighted by Crippen LogP contribution is -2.63. The van der Waals surface area contributed by atoms with E-state index < -0.39 is 17.4 Å². The molecule has 1 aromatic heterocycles. The predicted molar refractivity (Wildman–Crippen MR) is 191 cm³/mol. The van der Waals surface area contributed by atoms with E-state index in [1.54, 1.807) is 19.4 Å². The smallest absolute Gasteiger partial charge is 0.309 e. The Kier molecular flexibility index (Phi) is 9.55. The van der Waals surface area contributed by atoms with Gasteiger partial charge >= 0.3 is 11.9 Å². The zero-order valence-electron chi connectivity index (χ0n) is 31.5. The van der Waals surface area contributed by atoms with E-state index in [2.05, 4.69) is 64.0 Å². The van der Waals surface area contributed by atoms with Gasteiger partial charge in [0, 0.05) is 36.2 Å². The molecular formula is C42H62N2O5. The number of fused-ring (bicyclic) bond motifs is 7. The number of aromatic nitrogens is 1. The monoisotopic (exact) mass is 674 g/mol. The van der Waals surface area contributed by atoms with Gasteiger partial charge in [-0.15, -0.1) is 0 Å². The lowest BCUT2D eigenvalue weighted by Gasteiger charge is -2.69. The molecule has 0 bridgehead atoms. The molecule has 0 aromatic carbocycles. The molecule has 0 saturated heterocycles. The van der Waals surface area contributed by atoms with Crippen LogP contribution in [0, 0.1) is 56.7 Å². The summed E-state index contributed by atoms with van der Waals surface area (Å²) in [5.74, 6) is 1.40. The van der Waals surface area contributed by atoms with Gasteiger partial charge in [-0.25, -0.2) is 0 Å². The number of carbonyl (C=O) groups is 3. The fraction of sp³-hybridized carbons (Fsp3) is 0.762. The number of rotatable bonds is 10. The van der Waals surface area contributed by atoms with Crippen molar-refractivity contribution in [3.8, 4) is 0 Å². The van der Waals surface area contributed by atoms with Gasteiger partial charge in [-0.1, -0.05) is 47.1 Å². The summed E-state index contributed by atoms with van der Waals surface area (Å²) in [5.41, 5.74) is 2.99. The van der Waals surface area contributed by atoms with Crippen molar-refractivity contribution < 1.29 is 24.2 Å². The molecule has 0 amide bonds. The van der Waals surface area contributed by atoms with Crippen molar-refractivity contribution in [3.63, 3.8) is 0 Å². The molecule has 0 radical (unpaired) electrons. The van der Waals surface area contributed by atoms with Crippen molar-refractivity contribution in [2.75, 3.05) is 6.54 Å². The molecule has 8 atom stereocenters. The van der Waals surface area contributed by atoms with E-state index in [0.717, 1.165) is 45.2 Å². The quantitative estimate of drug-likeness (QED) is 0.189. The van der Waals surface area contributed by atoms with Crippen LogP contribution in [0.5, 0.6) is 0 Å². The SMILES string of the molecule is CC(C)C1=C2C3CCC4C(C)(CCC5C(C)(C)C(OC(=O)CC(C)(C)C(=O)O)CCC54C)C3CCC2(CCNCc2ccncc2)CC1=O. The van der Waals surface area contributed by atoms with E-state index in [1.165, 1.54) is 36.8 Å². The zero-order valence-corrected chi connectivity index (χ0v) is 31.5. The van der Waals surface area contributed by atoms with E-state index in [9.17, 15) is 19.5 Å². The second kappa shape index (κ2) is 12.9. The number of nitrogens with zero attached hydrogens (tertiary/aromatic N) is 1. The molecule has 4 fully saturated rings. The van der Waals surface area contributed by atoms with Crippen LogP contribution >= 0.6 is 0 Å². The highest BCUT2D eigenvalue weighted by Gasteiger charge is 2.66. The van der Waals surface area contributed by atoms with Gasteiger partial charge in [-0.05, 0) is 142 Å². The number of Topliss-reactive ketones (excluding diaryl/α,β-unsaturated/α-hetero) is 1. The summed E-state index contributed by atoms with van der Waals surface area (Å²) in [6, 6.07) is 4.13. The Labute approximate surface area is 294 Å². The number of hydrogen-bond donors (Lipinski definition) is 2. The van der Waals surface area contributed by atoms with Crippen LogP contribution in [0.3, 0.4) is 0 Å². The van der Waals surface area contributed by atoms with Gasteiger partial charge in [0.05, 0.1) is 11.8 Å². The number of carboxylic acids is 1. The topological polar surface area (TPSA) is 106 Å². The van der Waals surface area contributed by atoms with Gasteiger partial charge < -0.3 is 15.2 Å². The average Bonchev–Trinajstić information content (AvgIpc) is 3.33. The maximum absolute atomic E-state index is 13.9. The molecule has 8 unspecified atom stereocenters. The summed E-state index contributed by atoms with van der Waals surface area (Å²) in [6.07, 6.45) is 13.9. The number of allylic oxidation sites excluding steroid dienone is 2. The van der Waals surface area contributed by atoms with Gasteiger partial charge in [0.25, 0.3) is 0 Å². The average molecular weight is 675 g/mol. The van der Waals surface area contributed by atoms with Crippen LogP contribution in [0.15, 0.2) is 35.7 Å². The number of esters is 1. The molecule has 7 nitrogen and oxygen atoms in total. The number of pyridine rings is 1. The molecule has 2 N–H and O–H groups in total. The van der Waals surface area contributed by atoms with Crippen LogP contribution in [0.25, 0.3) is 0 Å². The minimum absolute atomic E-state index is 0.00741. The van der Waals surface area contributed by atoms with Gasteiger partial charge in [0.2, 0.25) is 0 Å². The normalized spacial score (nSPS) is 36.8. The minimum atomic E-state index is -1.14. The fourth-order valence-corrected chi connectivity index (χ4v) is 12.6. The number of hydrogen-bond acceptors (Lipinski definition) is 6. The zero-order chi connectivity index (χ0) is 35.6. The second-order valence-electron chi connectivity index (χ2n) is 18.8. The van der Waals surface area contributed by atoms with Crippen molar-refractivity contribution in [3.05, 3.63) is 41.2 Å². The molecule has 4 saturated carbocycles. The van der Waals surface area contributed by atoms with Crippen LogP contribution in [0.4, 0.5) is 0 Å². The summed E-state index contributed by atoms with van der Waals surface area (Å²) in [6.45, 7) is 19.1. The summed E-state index contributed by atoms with van der Waals surface area (Å²) in [5, 5.41) is 13.3. The molecule has 6 rings (SSSR count). The fourth-order valence-electron chi connectivity index (χ4n) is 12.6. The Morgan fingerprint density at radius 2 is 1.67 bits per heavy atom. The molecule has 7 heteroatoms. The first-order valence-electron chi connectivity index (χ1n) is 19.3. The molecule has 0 spiro atoms. The molecule has 270 valence electrons. The van der Waals surface area contributed by atoms with Crippen LogP contribution in [-0.2, 0) is 25.7 Å². The maximum Gasteiger partial charge on any atom is 0.309 e. The Morgan fingerprint density at radius 1 is 0.980 bits per heavy atom. The highest BCUT2D eigenvalue weighted by molar-refractivity contribution is 6.00. The molecule has 0 aliphatic heterocycles. The summed E-state index contributed by atoms with van der Waals surface area (Å²) in [7, 11) is 0. The van der Waals surface area contributed by atoms with Crippen molar-refractivity contribution in [2.24, 2.45) is 56.7 Å². The van der Waals surface area contributed by atoms with Crippen LogP contribution in [0.1, 0.15) is 132 Å². The lowest BCUT2D eigenvalue weighted by molar-refractivity contribution is -0.213. The Morgan fingerprint density at radius 3 is 2.35 bits per heavy atom. The molecular weight excluding hydrogens is 612 g/mol. The second-order valence-corrected chi connectivity index (χ2v) is 18.8. The minimum Gasteiger partial charge on any atom is -0.481 e. The third-order valence-electron chi connectivity index (χ3n) is 15.0. The highest BCUT2D eigenvalue weighted by atomic mass is 16.5. The van der Waals surface area contributed by atoms with Gasteiger partial charge in [0.15, 0.2) is 5.78 Å². The van der Waals surface area contributed by atoms with E-state index in [1.807, 2.05) is 12.4 Å². The van der Waals surface area contributed by atoms with Crippen molar-refractivity contribution in [1.82, 2.24) is 10.3 Å². The summed E-state index contributed by atoms with van der Waals surface area (Å²) < 4.78 is 6.15. The standard InChI is InChI=1S/C42H62N2O5/c1-26(2)35-30(45)23-42(19-22-44-25-27-14-20-43-21-15-27)18-11-29-28(36(35)42)9-10-32-40(29,7)16-12-31-39(5,6)33(13-17-41(31,32)8)49-34(46)24-38(3,4)37(47)48/h14-15,20-21,26,28-29,31-33,44H,9-13,16-19,22-25H2,1-8H3,(H,47,48). The molecule has 49 heavy (non-hydrogen) atoms. The predicted octanol–water partition coefficient (Wildman–Crippen LogP) is 8.56. The maximum atomic E-state index is 13.9. The molecule has 1 aromatic rings. The first-order chi connectivity index (χ1) is 23.0. The van der Waals surface area contributed by atoms with E-state index in [4.69, 9.17) is 4.74 Å². The van der Waals surface area contributed by atoms with E-state index in [-0.39, 0.29) is 40.1 Å². The van der Waals surface area contributed by atoms with Crippen molar-refractivity contribution in [1.29, 1.82) is 0 Å². The number of carboxylic acid groups (broad SMARTS) is 1. The Hall–Kier alpha value is -2.54. The highest BCUT2D eigenvalue weighted by Crippen LogP contribution is 2.73.